The van der Waals surface area contributed by atoms with Gasteiger partial charge in [0.05, 0.1) is 6.10 Å². The lowest BCUT2D eigenvalue weighted by Gasteiger charge is -2.34. The normalized spacial score (nSPS) is 23.3. The van der Waals surface area contributed by atoms with Crippen LogP contribution in [-0.2, 0) is 14.9 Å². The molecule has 1 rings (SSSR count). The zero-order valence-electron chi connectivity index (χ0n) is 13.3. The SMILES string of the molecule is CCNC1CCC(N(C)S(=O)(=O)NC(=O)OC(C)C)CC1. The van der Waals surface area contributed by atoms with Crippen molar-refractivity contribution in [2.24, 2.45) is 0 Å². The second-order valence-corrected chi connectivity index (χ2v) is 7.37. The van der Waals surface area contributed by atoms with Gasteiger partial charge in [0.25, 0.3) is 0 Å². The fourth-order valence-corrected chi connectivity index (χ4v) is 3.55. The maximum atomic E-state index is 12.1. The highest BCUT2D eigenvalue weighted by molar-refractivity contribution is 7.87. The molecule has 0 aromatic rings. The van der Waals surface area contributed by atoms with Crippen molar-refractivity contribution in [2.75, 3.05) is 13.6 Å². The Balaban J connectivity index is 2.54. The maximum absolute atomic E-state index is 12.1. The summed E-state index contributed by atoms with van der Waals surface area (Å²) in [7, 11) is -2.34. The first-order valence-corrected chi connectivity index (χ1v) is 8.90. The topological polar surface area (TPSA) is 87.7 Å². The van der Waals surface area contributed by atoms with Gasteiger partial charge in [0.15, 0.2) is 0 Å². The van der Waals surface area contributed by atoms with Gasteiger partial charge >= 0.3 is 16.3 Å². The predicted octanol–water partition coefficient (Wildman–Crippen LogP) is 1.22. The van der Waals surface area contributed by atoms with Crippen molar-refractivity contribution < 1.29 is 17.9 Å². The minimum atomic E-state index is -3.85. The van der Waals surface area contributed by atoms with Gasteiger partial charge in [-0.3, -0.25) is 0 Å². The average molecular weight is 321 g/mol. The quantitative estimate of drug-likeness (QED) is 0.768. The van der Waals surface area contributed by atoms with Crippen LogP contribution >= 0.6 is 0 Å². The molecule has 8 heteroatoms. The number of hydrogen-bond donors (Lipinski definition) is 2. The Bertz CT molecular complexity index is 431. The summed E-state index contributed by atoms with van der Waals surface area (Å²) in [5.74, 6) is 0. The van der Waals surface area contributed by atoms with Gasteiger partial charge in [0.2, 0.25) is 0 Å². The highest BCUT2D eigenvalue weighted by atomic mass is 32.2. The predicted molar refractivity (Wildman–Crippen MR) is 81.2 cm³/mol. The molecule has 1 aliphatic carbocycles. The molecule has 0 aromatic heterocycles. The van der Waals surface area contributed by atoms with Crippen molar-refractivity contribution in [3.05, 3.63) is 0 Å². The first-order valence-electron chi connectivity index (χ1n) is 7.46. The molecule has 1 fully saturated rings. The van der Waals surface area contributed by atoms with Crippen molar-refractivity contribution >= 4 is 16.3 Å². The van der Waals surface area contributed by atoms with Gasteiger partial charge in [0, 0.05) is 19.1 Å². The second-order valence-electron chi connectivity index (χ2n) is 5.64. The fraction of sp³-hybridized carbons (Fsp3) is 0.923. The van der Waals surface area contributed by atoms with Gasteiger partial charge in [-0.1, -0.05) is 6.92 Å². The summed E-state index contributed by atoms with van der Waals surface area (Å²) >= 11 is 0. The Morgan fingerprint density at radius 2 is 1.86 bits per heavy atom. The number of ether oxygens (including phenoxy) is 1. The Morgan fingerprint density at radius 3 is 2.33 bits per heavy atom. The molecule has 2 N–H and O–H groups in total. The van der Waals surface area contributed by atoms with E-state index in [-0.39, 0.29) is 12.1 Å². The van der Waals surface area contributed by atoms with E-state index in [1.165, 1.54) is 11.4 Å². The average Bonchev–Trinajstić information content (AvgIpc) is 2.37. The summed E-state index contributed by atoms with van der Waals surface area (Å²) in [5, 5.41) is 3.38. The van der Waals surface area contributed by atoms with Crippen molar-refractivity contribution in [2.45, 2.75) is 64.6 Å². The molecule has 1 saturated carbocycles. The van der Waals surface area contributed by atoms with Crippen LogP contribution in [0.1, 0.15) is 46.5 Å². The van der Waals surface area contributed by atoms with Crippen LogP contribution in [0.3, 0.4) is 0 Å². The molecule has 21 heavy (non-hydrogen) atoms. The van der Waals surface area contributed by atoms with Gasteiger partial charge in [-0.15, -0.1) is 0 Å². The zero-order chi connectivity index (χ0) is 16.0. The molecule has 0 aliphatic heterocycles. The van der Waals surface area contributed by atoms with E-state index in [9.17, 15) is 13.2 Å². The molecule has 0 unspecified atom stereocenters. The maximum Gasteiger partial charge on any atom is 0.422 e. The highest BCUT2D eigenvalue weighted by Gasteiger charge is 2.31. The molecule has 0 saturated heterocycles. The molecule has 0 atom stereocenters. The molecule has 0 radical (unpaired) electrons. The summed E-state index contributed by atoms with van der Waals surface area (Å²) in [5.41, 5.74) is 0. The molecule has 1 amide bonds. The molecule has 124 valence electrons. The van der Waals surface area contributed by atoms with E-state index in [1.54, 1.807) is 13.8 Å². The van der Waals surface area contributed by atoms with E-state index < -0.39 is 16.3 Å². The lowest BCUT2D eigenvalue weighted by Crippen LogP contribution is -2.49. The largest absolute Gasteiger partial charge is 0.446 e. The third-order valence-corrected chi connectivity index (χ3v) is 5.12. The third kappa shape index (κ3) is 5.80. The Kier molecular flexibility index (Phi) is 6.89. The summed E-state index contributed by atoms with van der Waals surface area (Å²) in [6.07, 6.45) is 2.16. The first kappa shape index (κ1) is 18.2. The van der Waals surface area contributed by atoms with Crippen LogP contribution in [0.15, 0.2) is 0 Å². The summed E-state index contributed by atoms with van der Waals surface area (Å²) in [6.45, 7) is 6.31. The molecule has 0 bridgehead atoms. The smallest absolute Gasteiger partial charge is 0.422 e. The Hall–Kier alpha value is -0.860. The number of rotatable bonds is 6. The monoisotopic (exact) mass is 321 g/mol. The molecule has 0 aromatic carbocycles. The molecule has 1 aliphatic rings. The van der Waals surface area contributed by atoms with Crippen LogP contribution in [0.5, 0.6) is 0 Å². The van der Waals surface area contributed by atoms with Crippen molar-refractivity contribution in [1.29, 1.82) is 0 Å². The van der Waals surface area contributed by atoms with Crippen LogP contribution in [0.2, 0.25) is 0 Å². The van der Waals surface area contributed by atoms with Gasteiger partial charge < -0.3 is 10.1 Å². The number of amides is 1. The van der Waals surface area contributed by atoms with Gasteiger partial charge in [-0.2, -0.15) is 12.7 Å². The van der Waals surface area contributed by atoms with Crippen molar-refractivity contribution in [3.8, 4) is 0 Å². The summed E-state index contributed by atoms with van der Waals surface area (Å²) in [4.78, 5) is 11.4. The number of nitrogens with zero attached hydrogens (tertiary/aromatic N) is 1. The van der Waals surface area contributed by atoms with E-state index in [0.29, 0.717) is 6.04 Å². The van der Waals surface area contributed by atoms with E-state index >= 15 is 0 Å². The second kappa shape index (κ2) is 7.95. The van der Waals surface area contributed by atoms with E-state index in [0.717, 1.165) is 32.2 Å². The van der Waals surface area contributed by atoms with Crippen LogP contribution in [-0.4, -0.2) is 50.6 Å². The van der Waals surface area contributed by atoms with Gasteiger partial charge in [0.1, 0.15) is 0 Å². The van der Waals surface area contributed by atoms with Gasteiger partial charge in [-0.05, 0) is 46.1 Å². The van der Waals surface area contributed by atoms with E-state index in [1.807, 2.05) is 4.72 Å². The Labute approximate surface area is 127 Å². The summed E-state index contributed by atoms with van der Waals surface area (Å²) in [6, 6.07) is 0.380. The molecular formula is C13H27N3O4S. The number of hydrogen-bond acceptors (Lipinski definition) is 5. The highest BCUT2D eigenvalue weighted by Crippen LogP contribution is 2.23. The fourth-order valence-electron chi connectivity index (χ4n) is 2.54. The minimum Gasteiger partial charge on any atom is -0.446 e. The molecule has 0 spiro atoms. The van der Waals surface area contributed by atoms with E-state index in [4.69, 9.17) is 4.74 Å². The number of carbonyl (C=O) groups excluding carboxylic acids is 1. The first-order chi connectivity index (χ1) is 9.76. The van der Waals surface area contributed by atoms with Crippen molar-refractivity contribution in [3.63, 3.8) is 0 Å². The standard InChI is InChI=1S/C13H27N3O4S/c1-5-14-11-6-8-12(9-7-11)16(4)21(18,19)15-13(17)20-10(2)3/h10-12,14H,5-9H2,1-4H3,(H,15,17). The summed E-state index contributed by atoms with van der Waals surface area (Å²) < 4.78 is 32.3. The van der Waals surface area contributed by atoms with Crippen LogP contribution in [0.4, 0.5) is 4.79 Å². The van der Waals surface area contributed by atoms with E-state index in [2.05, 4.69) is 12.2 Å². The van der Waals surface area contributed by atoms with Crippen LogP contribution < -0.4 is 10.0 Å². The molecular weight excluding hydrogens is 294 g/mol. The van der Waals surface area contributed by atoms with Crippen molar-refractivity contribution in [1.82, 2.24) is 14.3 Å². The number of carbonyl (C=O) groups is 1. The Morgan fingerprint density at radius 1 is 1.29 bits per heavy atom. The number of nitrogens with one attached hydrogen (secondary N) is 2. The van der Waals surface area contributed by atoms with Crippen LogP contribution in [0, 0.1) is 0 Å². The van der Waals surface area contributed by atoms with Crippen LogP contribution in [0.25, 0.3) is 0 Å². The zero-order valence-corrected chi connectivity index (χ0v) is 14.1. The molecule has 0 heterocycles. The molecule has 7 nitrogen and oxygen atoms in total. The van der Waals surface area contributed by atoms with Gasteiger partial charge in [-0.25, -0.2) is 9.52 Å². The minimum absolute atomic E-state index is 0.0794. The lowest BCUT2D eigenvalue weighted by atomic mass is 9.91. The third-order valence-electron chi connectivity index (χ3n) is 3.64. The lowest BCUT2D eigenvalue weighted by molar-refractivity contribution is 0.120.